The quantitative estimate of drug-likeness (QED) is 0.404. The van der Waals surface area contributed by atoms with Gasteiger partial charge in [-0.25, -0.2) is 0 Å². The van der Waals surface area contributed by atoms with Gasteiger partial charge >= 0.3 is 0 Å². The van der Waals surface area contributed by atoms with Crippen molar-refractivity contribution in [3.05, 3.63) is 114 Å². The smallest absolute Gasteiger partial charge is 0.0406 e. The predicted octanol–water partition coefficient (Wildman–Crippen LogP) is 6.62. The second-order valence-corrected chi connectivity index (χ2v) is 6.36. The fraction of sp³-hybridized carbons (Fsp3) is 0.0400. The molecule has 0 radical (unpaired) electrons. The van der Waals surface area contributed by atoms with Gasteiger partial charge in [0.25, 0.3) is 0 Å². The van der Waals surface area contributed by atoms with Crippen molar-refractivity contribution in [2.24, 2.45) is 0 Å². The molecule has 1 nitrogen and oxygen atoms in total. The molecule has 26 heavy (non-hydrogen) atoms. The summed E-state index contributed by atoms with van der Waals surface area (Å²) < 4.78 is 0. The number of para-hydroxylation sites is 1. The van der Waals surface area contributed by atoms with Gasteiger partial charge in [-0.15, -0.1) is 0 Å². The minimum absolute atomic E-state index is 0.795. The maximum absolute atomic E-state index is 3.53. The summed E-state index contributed by atoms with van der Waals surface area (Å²) in [5.74, 6) is 0. The van der Waals surface area contributed by atoms with Crippen LogP contribution in [-0.4, -0.2) is 0 Å². The van der Waals surface area contributed by atoms with Crippen molar-refractivity contribution in [3.63, 3.8) is 0 Å². The van der Waals surface area contributed by atoms with E-state index in [9.17, 15) is 0 Å². The number of benzene rings is 4. The van der Waals surface area contributed by atoms with Gasteiger partial charge in [-0.2, -0.15) is 0 Å². The third kappa shape index (κ3) is 3.84. The molecule has 4 rings (SSSR count). The highest BCUT2D eigenvalue weighted by molar-refractivity contribution is 5.87. The Morgan fingerprint density at radius 2 is 1.23 bits per heavy atom. The molecule has 0 bridgehead atoms. The van der Waals surface area contributed by atoms with Gasteiger partial charge in [0.1, 0.15) is 0 Å². The van der Waals surface area contributed by atoms with E-state index < -0.39 is 0 Å². The monoisotopic (exact) mass is 335 g/mol. The van der Waals surface area contributed by atoms with Gasteiger partial charge in [-0.1, -0.05) is 84.9 Å². The van der Waals surface area contributed by atoms with Gasteiger partial charge in [0.15, 0.2) is 0 Å². The molecule has 0 fully saturated rings. The van der Waals surface area contributed by atoms with Crippen LogP contribution < -0.4 is 5.32 Å². The average Bonchev–Trinajstić information content (AvgIpc) is 2.72. The molecule has 4 aromatic carbocycles. The highest BCUT2D eigenvalue weighted by atomic mass is 14.9. The van der Waals surface area contributed by atoms with E-state index in [0.717, 1.165) is 12.2 Å². The predicted molar refractivity (Wildman–Crippen MR) is 113 cm³/mol. The SMILES string of the molecule is C(=C\c1cc2ccccc2cc1CNc1ccccc1)/c1ccccc1. The summed E-state index contributed by atoms with van der Waals surface area (Å²) in [5, 5.41) is 6.07. The van der Waals surface area contributed by atoms with Crippen LogP contribution in [0.25, 0.3) is 22.9 Å². The first kappa shape index (κ1) is 16.2. The van der Waals surface area contributed by atoms with Crippen LogP contribution in [0, 0.1) is 0 Å². The Labute approximate surface area is 154 Å². The topological polar surface area (TPSA) is 12.0 Å². The first-order chi connectivity index (χ1) is 12.9. The van der Waals surface area contributed by atoms with Crippen molar-refractivity contribution in [1.29, 1.82) is 0 Å². The zero-order chi connectivity index (χ0) is 17.6. The van der Waals surface area contributed by atoms with E-state index in [0.29, 0.717) is 0 Å². The third-order valence-corrected chi connectivity index (χ3v) is 4.52. The van der Waals surface area contributed by atoms with Crippen LogP contribution in [0.1, 0.15) is 16.7 Å². The fourth-order valence-corrected chi connectivity index (χ4v) is 3.12. The molecule has 1 heteroatoms. The number of hydrogen-bond acceptors (Lipinski definition) is 1. The van der Waals surface area contributed by atoms with Gasteiger partial charge in [0.2, 0.25) is 0 Å². The van der Waals surface area contributed by atoms with Crippen LogP contribution in [0.5, 0.6) is 0 Å². The Balaban J connectivity index is 1.68. The maximum atomic E-state index is 3.53. The van der Waals surface area contributed by atoms with E-state index in [1.807, 2.05) is 12.1 Å². The molecule has 0 saturated carbocycles. The van der Waals surface area contributed by atoms with Gasteiger partial charge in [0, 0.05) is 12.2 Å². The molecular formula is C25H21N. The summed E-state index contributed by atoms with van der Waals surface area (Å²) in [5.41, 5.74) is 4.89. The van der Waals surface area contributed by atoms with Crippen LogP contribution in [0.3, 0.4) is 0 Å². The van der Waals surface area contributed by atoms with E-state index in [4.69, 9.17) is 0 Å². The molecule has 0 saturated heterocycles. The van der Waals surface area contributed by atoms with Crippen LogP contribution >= 0.6 is 0 Å². The number of fused-ring (bicyclic) bond motifs is 1. The Morgan fingerprint density at radius 3 is 1.96 bits per heavy atom. The lowest BCUT2D eigenvalue weighted by Crippen LogP contribution is -2.01. The summed E-state index contributed by atoms with van der Waals surface area (Å²) in [7, 11) is 0. The summed E-state index contributed by atoms with van der Waals surface area (Å²) >= 11 is 0. The van der Waals surface area contributed by atoms with E-state index >= 15 is 0 Å². The van der Waals surface area contributed by atoms with Crippen LogP contribution in [0.15, 0.2) is 97.1 Å². The minimum atomic E-state index is 0.795. The lowest BCUT2D eigenvalue weighted by atomic mass is 9.99. The molecule has 126 valence electrons. The van der Waals surface area contributed by atoms with Crippen LogP contribution in [-0.2, 0) is 6.54 Å². The second kappa shape index (κ2) is 7.71. The van der Waals surface area contributed by atoms with Crippen molar-refractivity contribution < 1.29 is 0 Å². The van der Waals surface area contributed by atoms with Crippen molar-refractivity contribution in [3.8, 4) is 0 Å². The normalized spacial score (nSPS) is 11.1. The van der Waals surface area contributed by atoms with E-state index in [1.54, 1.807) is 0 Å². The Morgan fingerprint density at radius 1 is 0.615 bits per heavy atom. The average molecular weight is 335 g/mol. The lowest BCUT2D eigenvalue weighted by Gasteiger charge is -2.11. The van der Waals surface area contributed by atoms with Crippen molar-refractivity contribution in [2.45, 2.75) is 6.54 Å². The Hall–Kier alpha value is -3.32. The number of rotatable bonds is 5. The molecule has 0 aliphatic rings. The van der Waals surface area contributed by atoms with E-state index in [-0.39, 0.29) is 0 Å². The first-order valence-corrected chi connectivity index (χ1v) is 8.92. The summed E-state index contributed by atoms with van der Waals surface area (Å²) in [6.07, 6.45) is 4.39. The fourth-order valence-electron chi connectivity index (χ4n) is 3.12. The second-order valence-electron chi connectivity index (χ2n) is 6.36. The molecule has 0 unspecified atom stereocenters. The number of hydrogen-bond donors (Lipinski definition) is 1. The molecule has 0 aliphatic heterocycles. The van der Waals surface area contributed by atoms with E-state index in [2.05, 4.69) is 102 Å². The summed E-state index contributed by atoms with van der Waals surface area (Å²) in [4.78, 5) is 0. The van der Waals surface area contributed by atoms with Gasteiger partial charge in [0.05, 0.1) is 0 Å². The standard InChI is InChI=1S/C25H21N/c1-3-9-20(10-4-1)15-16-23-17-21-11-7-8-12-22(21)18-24(23)19-26-25-13-5-2-6-14-25/h1-18,26H,19H2/b16-15+. The van der Waals surface area contributed by atoms with Gasteiger partial charge in [-0.05, 0) is 51.7 Å². The zero-order valence-corrected chi connectivity index (χ0v) is 14.6. The van der Waals surface area contributed by atoms with E-state index in [1.165, 1.54) is 27.5 Å². The molecule has 0 aromatic heterocycles. The molecule has 0 atom stereocenters. The first-order valence-electron chi connectivity index (χ1n) is 8.92. The van der Waals surface area contributed by atoms with Crippen molar-refractivity contribution in [1.82, 2.24) is 0 Å². The summed E-state index contributed by atoms with van der Waals surface area (Å²) in [6.45, 7) is 0.795. The molecular weight excluding hydrogens is 314 g/mol. The highest BCUT2D eigenvalue weighted by Gasteiger charge is 2.03. The van der Waals surface area contributed by atoms with Crippen LogP contribution in [0.4, 0.5) is 5.69 Å². The van der Waals surface area contributed by atoms with Gasteiger partial charge < -0.3 is 5.32 Å². The third-order valence-electron chi connectivity index (χ3n) is 4.52. The minimum Gasteiger partial charge on any atom is -0.381 e. The molecule has 4 aromatic rings. The van der Waals surface area contributed by atoms with Crippen molar-refractivity contribution in [2.75, 3.05) is 5.32 Å². The number of anilines is 1. The molecule has 0 spiro atoms. The maximum Gasteiger partial charge on any atom is 0.0406 e. The zero-order valence-electron chi connectivity index (χ0n) is 14.6. The molecule has 1 N–H and O–H groups in total. The van der Waals surface area contributed by atoms with Gasteiger partial charge in [-0.3, -0.25) is 0 Å². The lowest BCUT2D eigenvalue weighted by molar-refractivity contribution is 1.15. The van der Waals surface area contributed by atoms with Crippen molar-refractivity contribution >= 4 is 28.6 Å². The molecule has 0 heterocycles. The molecule has 0 amide bonds. The van der Waals surface area contributed by atoms with Crippen LogP contribution in [0.2, 0.25) is 0 Å². The Bertz CT molecular complexity index is 1020. The Kier molecular flexibility index (Phi) is 4.79. The molecule has 0 aliphatic carbocycles. The highest BCUT2D eigenvalue weighted by Crippen LogP contribution is 2.23. The largest absolute Gasteiger partial charge is 0.381 e. The summed E-state index contributed by atoms with van der Waals surface area (Å²) in [6, 6.07) is 33.9. The number of nitrogens with one attached hydrogen (secondary N) is 1.